The molecule has 0 radical (unpaired) electrons. The number of amides is 1. The lowest BCUT2D eigenvalue weighted by molar-refractivity contribution is -0.144. The first-order valence-electron chi connectivity index (χ1n) is 10.1. The fraction of sp³-hybridized carbons (Fsp3) is 0.391. The fourth-order valence-electron chi connectivity index (χ4n) is 3.46. The zero-order valence-electron chi connectivity index (χ0n) is 18.1. The van der Waals surface area contributed by atoms with Crippen LogP contribution in [0.25, 0.3) is 0 Å². The molecule has 3 rings (SSSR count). The summed E-state index contributed by atoms with van der Waals surface area (Å²) in [5.74, 6) is -1.60. The second-order valence-electron chi connectivity index (χ2n) is 8.82. The van der Waals surface area contributed by atoms with Crippen LogP contribution in [0.15, 0.2) is 58.2 Å². The minimum Gasteiger partial charge on any atom is -0.491 e. The topological polar surface area (TPSA) is 75.6 Å². The van der Waals surface area contributed by atoms with Gasteiger partial charge in [-0.15, -0.1) is 11.8 Å². The normalized spacial score (nSPS) is 21.4. The molecule has 0 fully saturated rings. The summed E-state index contributed by atoms with van der Waals surface area (Å²) in [6.45, 7) is 5.03. The number of aliphatic carboxylic acids is 1. The van der Waals surface area contributed by atoms with Crippen LogP contribution in [0.4, 0.5) is 13.2 Å². The van der Waals surface area contributed by atoms with Crippen LogP contribution in [0.1, 0.15) is 31.9 Å². The molecule has 1 heterocycles. The third-order valence-corrected chi connectivity index (χ3v) is 6.77. The number of halogens is 4. The lowest BCUT2D eigenvalue weighted by Crippen LogP contribution is -2.49. The number of carbonyl (C=O) groups is 2. The quantitative estimate of drug-likeness (QED) is 0.540. The van der Waals surface area contributed by atoms with Crippen LogP contribution in [-0.2, 0) is 27.1 Å². The van der Waals surface area contributed by atoms with Crippen molar-refractivity contribution in [1.29, 1.82) is 0 Å². The smallest absolute Gasteiger partial charge is 0.416 e. The monoisotopic (exact) mass is 501 g/mol. The minimum absolute atomic E-state index is 0.0683. The summed E-state index contributed by atoms with van der Waals surface area (Å²) in [4.78, 5) is 24.7. The van der Waals surface area contributed by atoms with Gasteiger partial charge in [-0.3, -0.25) is 4.79 Å². The summed E-state index contributed by atoms with van der Waals surface area (Å²) < 4.78 is 44.9. The largest absolute Gasteiger partial charge is 0.491 e. The highest BCUT2D eigenvalue weighted by molar-refractivity contribution is 8.05. The number of allylic oxidation sites excluding steroid dienone is 2. The van der Waals surface area contributed by atoms with Crippen LogP contribution in [0.5, 0.6) is 0 Å². The van der Waals surface area contributed by atoms with E-state index in [1.165, 1.54) is 23.9 Å². The van der Waals surface area contributed by atoms with E-state index in [2.05, 4.69) is 5.32 Å². The first-order valence-corrected chi connectivity index (χ1v) is 11.3. The van der Waals surface area contributed by atoms with Gasteiger partial charge in [0.15, 0.2) is 0 Å². The molecule has 3 atom stereocenters. The number of alkyl halides is 3. The molecule has 0 aromatic heterocycles. The average Bonchev–Trinajstić information content (AvgIpc) is 3.09. The van der Waals surface area contributed by atoms with Crippen LogP contribution in [0.3, 0.4) is 0 Å². The van der Waals surface area contributed by atoms with Crippen molar-refractivity contribution in [2.75, 3.05) is 0 Å². The van der Waals surface area contributed by atoms with Gasteiger partial charge in [0.2, 0.25) is 0 Å². The first-order chi connectivity index (χ1) is 15.3. The molecule has 2 aliphatic rings. The van der Waals surface area contributed by atoms with Gasteiger partial charge in [-0.05, 0) is 29.2 Å². The molecular formula is C23H23ClF3NO4S. The highest BCUT2D eigenvalue weighted by Crippen LogP contribution is 2.46. The Morgan fingerprint density at radius 2 is 1.85 bits per heavy atom. The third-order valence-electron chi connectivity index (χ3n) is 5.23. The van der Waals surface area contributed by atoms with Crippen LogP contribution in [-0.4, -0.2) is 28.3 Å². The highest BCUT2D eigenvalue weighted by atomic mass is 35.5. The van der Waals surface area contributed by atoms with E-state index in [-0.39, 0.29) is 23.3 Å². The molecule has 0 saturated heterocycles. The summed E-state index contributed by atoms with van der Waals surface area (Å²) >= 11 is 7.47. The number of fused-ring (bicyclic) bond motifs is 1. The van der Waals surface area contributed by atoms with E-state index in [0.717, 1.165) is 12.1 Å². The van der Waals surface area contributed by atoms with E-state index in [1.54, 1.807) is 32.9 Å². The van der Waals surface area contributed by atoms with Gasteiger partial charge in [0.1, 0.15) is 18.4 Å². The number of nitrogens with one attached hydrogen (secondary N) is 1. The van der Waals surface area contributed by atoms with E-state index < -0.39 is 35.1 Å². The second kappa shape index (κ2) is 9.46. The molecule has 0 spiro atoms. The van der Waals surface area contributed by atoms with Crippen LogP contribution >= 0.6 is 23.4 Å². The summed E-state index contributed by atoms with van der Waals surface area (Å²) in [6.07, 6.45) is 0.733. The van der Waals surface area contributed by atoms with Crippen molar-refractivity contribution in [3.05, 3.63) is 69.3 Å². The Kier molecular flexibility index (Phi) is 7.24. The van der Waals surface area contributed by atoms with E-state index in [1.807, 2.05) is 6.08 Å². The van der Waals surface area contributed by atoms with Gasteiger partial charge in [0, 0.05) is 5.92 Å². The Hall–Kier alpha value is -2.39. The number of ether oxygens (including phenoxy) is 1. The Balaban J connectivity index is 1.86. The van der Waals surface area contributed by atoms with Crippen molar-refractivity contribution in [2.45, 2.75) is 44.8 Å². The van der Waals surface area contributed by atoms with Gasteiger partial charge in [-0.25, -0.2) is 4.79 Å². The molecule has 3 unspecified atom stereocenters. The van der Waals surface area contributed by atoms with Gasteiger partial charge in [0.25, 0.3) is 5.91 Å². The molecule has 1 aliphatic heterocycles. The van der Waals surface area contributed by atoms with E-state index in [0.29, 0.717) is 15.7 Å². The molecule has 1 aromatic rings. The van der Waals surface area contributed by atoms with Gasteiger partial charge < -0.3 is 15.2 Å². The number of carboxylic acid groups (broad SMARTS) is 1. The summed E-state index contributed by atoms with van der Waals surface area (Å²) in [7, 11) is 0. The summed E-state index contributed by atoms with van der Waals surface area (Å²) in [5, 5.41) is 11.8. The van der Waals surface area contributed by atoms with Crippen LogP contribution in [0, 0.1) is 11.3 Å². The zero-order valence-corrected chi connectivity index (χ0v) is 19.6. The van der Waals surface area contributed by atoms with Gasteiger partial charge in [-0.1, -0.05) is 56.7 Å². The standard InChI is InChI=1S/C23H23ClF3NO4S/c1-22(2,3)19(21(30)31)28-20(29)15-9-6-13-10-16(24)33-18(13)17(15)32-11-12-4-7-14(8-5-12)23(25,26)27/h4-10,13,18-19H,11H2,1-3H3,(H,28,29)(H,30,31). The first kappa shape index (κ1) is 25.2. The number of hydrogen-bond donors (Lipinski definition) is 2. The molecule has 5 nitrogen and oxygen atoms in total. The predicted octanol–water partition coefficient (Wildman–Crippen LogP) is 5.47. The fourth-order valence-corrected chi connectivity index (χ4v) is 5.00. The zero-order chi connectivity index (χ0) is 24.6. The maximum absolute atomic E-state index is 13.1. The van der Waals surface area contributed by atoms with E-state index in [9.17, 15) is 27.9 Å². The van der Waals surface area contributed by atoms with E-state index >= 15 is 0 Å². The van der Waals surface area contributed by atoms with Gasteiger partial charge in [0.05, 0.1) is 20.8 Å². The summed E-state index contributed by atoms with van der Waals surface area (Å²) in [6, 6.07) is 3.41. The second-order valence-corrected chi connectivity index (χ2v) is 10.6. The summed E-state index contributed by atoms with van der Waals surface area (Å²) in [5.41, 5.74) is -0.861. The van der Waals surface area contributed by atoms with Crippen molar-refractivity contribution in [3.63, 3.8) is 0 Å². The molecule has 1 amide bonds. The maximum atomic E-state index is 13.1. The Bertz CT molecular complexity index is 1030. The number of carboxylic acids is 1. The molecule has 178 valence electrons. The number of rotatable bonds is 6. The maximum Gasteiger partial charge on any atom is 0.416 e. The molecular weight excluding hydrogens is 479 g/mol. The van der Waals surface area contributed by atoms with Crippen molar-refractivity contribution in [3.8, 4) is 0 Å². The SMILES string of the molecule is CC(C)(C)C(NC(=O)C1=C(OCc2ccc(C(F)(F)F)cc2)C2SC(Cl)=CC2C=C1)C(=O)O. The molecule has 0 saturated carbocycles. The highest BCUT2D eigenvalue weighted by Gasteiger charge is 2.39. The number of hydrogen-bond acceptors (Lipinski definition) is 4. The molecule has 10 heteroatoms. The molecule has 1 aromatic carbocycles. The minimum atomic E-state index is -4.44. The Morgan fingerprint density at radius 3 is 2.39 bits per heavy atom. The van der Waals surface area contributed by atoms with Crippen LogP contribution in [0.2, 0.25) is 0 Å². The molecule has 1 aliphatic carbocycles. The molecule has 33 heavy (non-hydrogen) atoms. The molecule has 2 N–H and O–H groups in total. The average molecular weight is 502 g/mol. The van der Waals surface area contributed by atoms with Crippen molar-refractivity contribution in [1.82, 2.24) is 5.32 Å². The Labute approximate surface area is 198 Å². The van der Waals surface area contributed by atoms with Crippen LogP contribution < -0.4 is 5.32 Å². The number of thioether (sulfide) groups is 1. The third kappa shape index (κ3) is 5.95. The number of carbonyl (C=O) groups excluding carboxylic acids is 1. The Morgan fingerprint density at radius 1 is 1.21 bits per heavy atom. The van der Waals surface area contributed by atoms with E-state index in [4.69, 9.17) is 16.3 Å². The van der Waals surface area contributed by atoms with Gasteiger partial charge in [-0.2, -0.15) is 13.2 Å². The number of benzene rings is 1. The van der Waals surface area contributed by atoms with Crippen molar-refractivity contribution >= 4 is 35.2 Å². The molecule has 0 bridgehead atoms. The van der Waals surface area contributed by atoms with Crippen molar-refractivity contribution < 1.29 is 32.6 Å². The lowest BCUT2D eigenvalue weighted by Gasteiger charge is -2.30. The van der Waals surface area contributed by atoms with Crippen molar-refractivity contribution in [2.24, 2.45) is 11.3 Å². The van der Waals surface area contributed by atoms with Gasteiger partial charge >= 0.3 is 12.1 Å². The lowest BCUT2D eigenvalue weighted by atomic mass is 9.86. The predicted molar refractivity (Wildman–Crippen MR) is 120 cm³/mol.